The number of aromatic hydroxyl groups is 2. The maximum Gasteiger partial charge on any atom is 0.326 e. The molecule has 63 heavy (non-hydrogen) atoms. The molecule has 6 amide bonds. The lowest BCUT2D eigenvalue weighted by molar-refractivity contribution is -0.142. The Hall–Kier alpha value is -6.57. The monoisotopic (exact) mass is 876 g/mol. The van der Waals surface area contributed by atoms with Gasteiger partial charge in [-0.05, 0) is 79.1 Å². The van der Waals surface area contributed by atoms with E-state index in [9.17, 15) is 54.0 Å². The molecule has 7 atom stereocenters. The first-order valence-electron chi connectivity index (χ1n) is 20.7. The summed E-state index contributed by atoms with van der Waals surface area (Å²) in [7, 11) is 0. The number of unbranched alkanes of at least 4 members (excludes halogenated alkanes) is 1. The molecule has 0 saturated carbocycles. The smallest absolute Gasteiger partial charge is 0.326 e. The molecule has 0 unspecified atom stereocenters. The number of carbonyl (C=O) groups excluding carboxylic acids is 6. The standard InChI is InChI=1S/C44H60N8O11/c1-3-26(2)38(52-39(57)32(46)21-28-12-16-30(54)17-13-28)43(61)51-34(23-29-14-18-31(55)19-15-29)40(58)47-24-37(56)48-36(25-53)42(60)50-35(22-27-9-5-4-6-10-27)41(59)49-33(44(62)63)11-7-8-20-45/h4-6,9-10,12-19,26,32-36,38,53-55H,3,7-8,11,20-25,45-46H2,1-2H3,(H,47,58)(H,48,56)(H,49,59)(H,50,60)(H,51,61)(H,52,57)(H,62,63)/t26-,32+,33+,34+,35+,36+,38+/m1/s1. The lowest BCUT2D eigenvalue weighted by atomic mass is 9.96. The molecule has 342 valence electrons. The Morgan fingerprint density at radius 2 is 1.11 bits per heavy atom. The summed E-state index contributed by atoms with van der Waals surface area (Å²) in [5.74, 6) is -6.56. The molecule has 19 heteroatoms. The number of nitrogens with two attached hydrogens (primary N) is 2. The number of hydrogen-bond donors (Lipinski definition) is 12. The number of benzene rings is 3. The number of aliphatic hydroxyl groups excluding tert-OH is 1. The number of rotatable bonds is 26. The van der Waals surface area contributed by atoms with E-state index in [0.717, 1.165) is 0 Å². The summed E-state index contributed by atoms with van der Waals surface area (Å²) >= 11 is 0. The fourth-order valence-electron chi connectivity index (χ4n) is 6.36. The van der Waals surface area contributed by atoms with Crippen molar-refractivity contribution in [1.82, 2.24) is 31.9 Å². The number of amides is 6. The molecule has 0 aromatic heterocycles. The molecule has 3 aromatic rings. The quantitative estimate of drug-likeness (QED) is 0.0442. The zero-order valence-corrected chi connectivity index (χ0v) is 35.4. The molecule has 0 radical (unpaired) electrons. The second-order valence-electron chi connectivity index (χ2n) is 15.2. The van der Waals surface area contributed by atoms with Crippen molar-refractivity contribution in [2.24, 2.45) is 17.4 Å². The molecule has 0 aliphatic carbocycles. The average molecular weight is 877 g/mol. The molecule has 0 heterocycles. The van der Waals surface area contributed by atoms with E-state index in [1.54, 1.807) is 49.4 Å². The van der Waals surface area contributed by atoms with Crippen molar-refractivity contribution in [3.8, 4) is 11.5 Å². The van der Waals surface area contributed by atoms with E-state index >= 15 is 0 Å². The van der Waals surface area contributed by atoms with Gasteiger partial charge in [-0.25, -0.2) is 4.79 Å². The van der Waals surface area contributed by atoms with E-state index in [1.165, 1.54) is 36.4 Å². The number of phenols is 2. The lowest BCUT2D eigenvalue weighted by Crippen LogP contribution is -2.59. The minimum absolute atomic E-state index is 0.0408. The molecule has 0 bridgehead atoms. The Morgan fingerprint density at radius 1 is 0.603 bits per heavy atom. The highest BCUT2D eigenvalue weighted by atomic mass is 16.4. The van der Waals surface area contributed by atoms with Crippen LogP contribution in [-0.2, 0) is 52.8 Å². The van der Waals surface area contributed by atoms with Crippen LogP contribution in [0.5, 0.6) is 11.5 Å². The summed E-state index contributed by atoms with van der Waals surface area (Å²) in [5.41, 5.74) is 13.5. The topological polar surface area (TPSA) is 325 Å². The van der Waals surface area contributed by atoms with Crippen LogP contribution in [0.3, 0.4) is 0 Å². The number of aliphatic carboxylic acids is 1. The van der Waals surface area contributed by atoms with Gasteiger partial charge >= 0.3 is 5.97 Å². The van der Waals surface area contributed by atoms with E-state index in [4.69, 9.17) is 11.5 Å². The molecule has 3 aromatic carbocycles. The van der Waals surface area contributed by atoms with Gasteiger partial charge in [0.2, 0.25) is 35.4 Å². The highest BCUT2D eigenvalue weighted by molar-refractivity contribution is 5.96. The van der Waals surface area contributed by atoms with Gasteiger partial charge in [-0.3, -0.25) is 28.8 Å². The molecule has 3 rings (SSSR count). The summed E-state index contributed by atoms with van der Waals surface area (Å²) in [6, 6.07) is 12.9. The number of carboxylic acids is 1. The molecule has 0 saturated heterocycles. The van der Waals surface area contributed by atoms with Crippen molar-refractivity contribution >= 4 is 41.4 Å². The molecular formula is C44H60N8O11. The van der Waals surface area contributed by atoms with Gasteiger partial charge in [-0.2, -0.15) is 0 Å². The number of phenolic OH excluding ortho intramolecular Hbond substituents is 2. The van der Waals surface area contributed by atoms with Crippen LogP contribution in [0.4, 0.5) is 0 Å². The van der Waals surface area contributed by atoms with Gasteiger partial charge in [0, 0.05) is 12.8 Å². The third-order valence-corrected chi connectivity index (χ3v) is 10.3. The van der Waals surface area contributed by atoms with E-state index in [-0.39, 0.29) is 37.2 Å². The van der Waals surface area contributed by atoms with Crippen LogP contribution < -0.4 is 43.4 Å². The Labute approximate surface area is 365 Å². The van der Waals surface area contributed by atoms with Crippen molar-refractivity contribution in [3.63, 3.8) is 0 Å². The first-order valence-corrected chi connectivity index (χ1v) is 20.7. The van der Waals surface area contributed by atoms with Gasteiger partial charge in [-0.15, -0.1) is 0 Å². The predicted octanol–water partition coefficient (Wildman–Crippen LogP) is -0.755. The molecule has 0 aliphatic heterocycles. The molecule has 19 nitrogen and oxygen atoms in total. The number of aliphatic hydroxyl groups is 1. The van der Waals surface area contributed by atoms with Crippen molar-refractivity contribution < 1.29 is 54.0 Å². The summed E-state index contributed by atoms with van der Waals surface area (Å²) in [5, 5.41) is 54.2. The van der Waals surface area contributed by atoms with Crippen LogP contribution in [0.15, 0.2) is 78.9 Å². The van der Waals surface area contributed by atoms with Gasteiger partial charge in [0.05, 0.1) is 19.2 Å². The number of carboxylic acid groups (broad SMARTS) is 1. The second-order valence-corrected chi connectivity index (χ2v) is 15.2. The highest BCUT2D eigenvalue weighted by Crippen LogP contribution is 2.15. The Morgan fingerprint density at radius 3 is 1.65 bits per heavy atom. The van der Waals surface area contributed by atoms with Crippen molar-refractivity contribution in [2.45, 2.75) is 95.0 Å². The minimum atomic E-state index is -1.60. The van der Waals surface area contributed by atoms with Crippen LogP contribution in [0.2, 0.25) is 0 Å². The summed E-state index contributed by atoms with van der Waals surface area (Å²) < 4.78 is 0. The number of carbonyl (C=O) groups is 7. The van der Waals surface area contributed by atoms with Gasteiger partial charge in [-0.1, -0.05) is 74.9 Å². The summed E-state index contributed by atoms with van der Waals surface area (Å²) in [6.45, 7) is 2.24. The van der Waals surface area contributed by atoms with Crippen LogP contribution >= 0.6 is 0 Å². The zero-order chi connectivity index (χ0) is 46.5. The van der Waals surface area contributed by atoms with Crippen LogP contribution in [-0.4, -0.2) is 118 Å². The molecule has 0 aliphatic rings. The number of hydrogen-bond acceptors (Lipinski definition) is 12. The van der Waals surface area contributed by atoms with Crippen molar-refractivity contribution in [1.29, 1.82) is 0 Å². The normalized spacial score (nSPS) is 14.3. The molecule has 14 N–H and O–H groups in total. The maximum absolute atomic E-state index is 13.8. The van der Waals surface area contributed by atoms with Crippen LogP contribution in [0, 0.1) is 5.92 Å². The molecule has 0 fully saturated rings. The van der Waals surface area contributed by atoms with Gasteiger partial charge in [0.15, 0.2) is 0 Å². The fourth-order valence-corrected chi connectivity index (χ4v) is 6.36. The van der Waals surface area contributed by atoms with E-state index in [2.05, 4.69) is 31.9 Å². The van der Waals surface area contributed by atoms with Crippen LogP contribution in [0.1, 0.15) is 56.2 Å². The Kier molecular flexibility index (Phi) is 21.0. The van der Waals surface area contributed by atoms with E-state index in [1.807, 2.05) is 6.92 Å². The average Bonchev–Trinajstić information content (AvgIpc) is 3.26. The van der Waals surface area contributed by atoms with Crippen LogP contribution in [0.25, 0.3) is 0 Å². The largest absolute Gasteiger partial charge is 0.508 e. The third kappa shape index (κ3) is 17.4. The Bertz CT molecular complexity index is 1970. The first-order chi connectivity index (χ1) is 30.0. The second kappa shape index (κ2) is 26.0. The van der Waals surface area contributed by atoms with Gasteiger partial charge in [0.1, 0.15) is 41.7 Å². The van der Waals surface area contributed by atoms with Crippen molar-refractivity contribution in [2.75, 3.05) is 19.7 Å². The lowest BCUT2D eigenvalue weighted by Gasteiger charge is -2.27. The Balaban J connectivity index is 1.72. The summed E-state index contributed by atoms with van der Waals surface area (Å²) in [6.07, 6.45) is 1.46. The fraction of sp³-hybridized carbons (Fsp3) is 0.432. The SMILES string of the molecule is CC[C@@H](C)[C@H](NC(=O)[C@@H](N)Cc1ccc(O)cc1)C(=O)N[C@@H](Cc1ccc(O)cc1)C(=O)NCC(=O)N[C@@H](CO)C(=O)N[C@@H](Cc1ccccc1)C(=O)N[C@@H](CCCCN)C(=O)O. The maximum atomic E-state index is 13.8. The highest BCUT2D eigenvalue weighted by Gasteiger charge is 2.33. The first kappa shape index (κ1) is 50.8. The predicted molar refractivity (Wildman–Crippen MR) is 231 cm³/mol. The molecular weight excluding hydrogens is 817 g/mol. The van der Waals surface area contributed by atoms with Crippen molar-refractivity contribution in [3.05, 3.63) is 95.6 Å². The third-order valence-electron chi connectivity index (χ3n) is 10.3. The summed E-state index contributed by atoms with van der Waals surface area (Å²) in [4.78, 5) is 92.6. The van der Waals surface area contributed by atoms with Gasteiger partial charge in [0.25, 0.3) is 0 Å². The van der Waals surface area contributed by atoms with E-state index < -0.39 is 96.7 Å². The zero-order valence-electron chi connectivity index (χ0n) is 35.4. The number of nitrogens with one attached hydrogen (secondary N) is 6. The molecule has 0 spiro atoms. The van der Waals surface area contributed by atoms with Gasteiger partial charge < -0.3 is 63.8 Å². The van der Waals surface area contributed by atoms with E-state index in [0.29, 0.717) is 42.5 Å². The minimum Gasteiger partial charge on any atom is -0.508 e.